The van der Waals surface area contributed by atoms with Gasteiger partial charge in [0.2, 0.25) is 47.3 Å². The number of aromatic amines is 1. The van der Waals surface area contributed by atoms with Gasteiger partial charge in [0.25, 0.3) is 0 Å². The third-order valence-electron chi connectivity index (χ3n) is 11.7. The van der Waals surface area contributed by atoms with E-state index in [0.29, 0.717) is 30.5 Å². The third-order valence-corrected chi connectivity index (χ3v) is 11.7. The van der Waals surface area contributed by atoms with E-state index in [1.165, 1.54) is 48.6 Å². The molecule has 2 heterocycles. The van der Waals surface area contributed by atoms with Gasteiger partial charge in [0.15, 0.2) is 0 Å². The van der Waals surface area contributed by atoms with Crippen molar-refractivity contribution in [2.24, 2.45) is 23.3 Å². The van der Waals surface area contributed by atoms with Gasteiger partial charge in [-0.15, -0.1) is 0 Å². The predicted octanol–water partition coefficient (Wildman–Crippen LogP) is -3.47. The van der Waals surface area contributed by atoms with Gasteiger partial charge < -0.3 is 79.0 Å². The normalized spacial score (nSPS) is 16.8. The number of nitrogens with two attached hydrogens (primary N) is 2. The minimum atomic E-state index is -1.66. The van der Waals surface area contributed by atoms with Crippen molar-refractivity contribution in [2.75, 3.05) is 26.3 Å². The molecule has 394 valence electrons. The van der Waals surface area contributed by atoms with Crippen molar-refractivity contribution >= 4 is 53.2 Å². The number of rotatable bonds is 29. The number of aliphatic hydroxyl groups is 2. The monoisotopic (exact) mass is 1000 g/mol. The Hall–Kier alpha value is -6.70. The zero-order valence-corrected chi connectivity index (χ0v) is 40.8. The summed E-state index contributed by atoms with van der Waals surface area (Å²) in [5, 5.41) is 56.9. The molecule has 25 heteroatoms. The number of carbonyl (C=O) groups excluding carboxylic acids is 8. The van der Waals surface area contributed by atoms with E-state index in [0.717, 1.165) is 0 Å². The summed E-state index contributed by atoms with van der Waals surface area (Å²) in [5.41, 5.74) is 12.8. The first-order valence-electron chi connectivity index (χ1n) is 23.7. The van der Waals surface area contributed by atoms with Crippen LogP contribution in [-0.2, 0) is 56.0 Å². The van der Waals surface area contributed by atoms with Crippen molar-refractivity contribution in [1.29, 1.82) is 0 Å². The minimum absolute atomic E-state index is 0.0655. The highest BCUT2D eigenvalue weighted by Crippen LogP contribution is 2.22. The molecule has 1 aromatic carbocycles. The average molecular weight is 1000 g/mol. The number of nitrogens with zero attached hydrogens (tertiary/aromatic N) is 2. The summed E-state index contributed by atoms with van der Waals surface area (Å²) < 4.78 is 0. The van der Waals surface area contributed by atoms with Crippen molar-refractivity contribution in [1.82, 2.24) is 52.1 Å². The van der Waals surface area contributed by atoms with Crippen LogP contribution < -0.4 is 48.7 Å². The second-order valence-corrected chi connectivity index (χ2v) is 18.3. The second kappa shape index (κ2) is 28.8. The fraction of sp³-hybridized carbons (Fsp3) is 0.609. The number of benzene rings is 1. The van der Waals surface area contributed by atoms with Crippen molar-refractivity contribution in [3.05, 3.63) is 48.0 Å². The molecule has 16 N–H and O–H groups in total. The number of hydrogen-bond donors (Lipinski definition) is 14. The first-order valence-corrected chi connectivity index (χ1v) is 23.7. The second-order valence-electron chi connectivity index (χ2n) is 18.3. The Bertz CT molecular complexity index is 2110. The van der Waals surface area contributed by atoms with Crippen LogP contribution in [0.15, 0.2) is 36.8 Å². The predicted molar refractivity (Wildman–Crippen MR) is 255 cm³/mol. The Morgan fingerprint density at radius 2 is 1.31 bits per heavy atom. The molecule has 1 aliphatic rings. The number of hydrogen-bond acceptors (Lipinski definition) is 15. The number of phenols is 1. The van der Waals surface area contributed by atoms with Crippen LogP contribution in [0.25, 0.3) is 0 Å². The van der Waals surface area contributed by atoms with Crippen LogP contribution in [0.5, 0.6) is 5.75 Å². The van der Waals surface area contributed by atoms with E-state index in [1.54, 1.807) is 13.8 Å². The molecule has 1 fully saturated rings. The van der Waals surface area contributed by atoms with Crippen LogP contribution in [0.2, 0.25) is 0 Å². The van der Waals surface area contributed by atoms with E-state index in [4.69, 9.17) is 11.5 Å². The Morgan fingerprint density at radius 1 is 0.732 bits per heavy atom. The molecule has 0 spiro atoms. The van der Waals surface area contributed by atoms with E-state index in [2.05, 4.69) is 47.2 Å². The number of aliphatic hydroxyl groups excluding tert-OH is 2. The lowest BCUT2D eigenvalue weighted by Crippen LogP contribution is -2.61. The van der Waals surface area contributed by atoms with Gasteiger partial charge >= 0.3 is 5.97 Å². The summed E-state index contributed by atoms with van der Waals surface area (Å²) in [5.74, 6) is -8.63. The van der Waals surface area contributed by atoms with Crippen molar-refractivity contribution in [3.63, 3.8) is 0 Å². The van der Waals surface area contributed by atoms with Gasteiger partial charge in [0, 0.05) is 31.3 Å². The lowest BCUT2D eigenvalue weighted by Gasteiger charge is -2.31. The van der Waals surface area contributed by atoms with E-state index in [9.17, 15) is 63.6 Å². The molecule has 0 saturated carbocycles. The van der Waals surface area contributed by atoms with E-state index < -0.39 is 127 Å². The SMILES string of the molecule is CC(C)C[C@H](NC(=O)[C@H](CO)NC(=O)[C@@H](N)Cc1cnc[nH]1)C(=O)N1CCC[C@H]1C(=O)N[C@@H](CCCCN)C(=O)N[C@H](C(=O)N[C@@H](CO)C(=O)N[C@@H](Cc1ccc(O)cc1)C(=O)N[C@@H](C)C(=O)O)C(C)C. The van der Waals surface area contributed by atoms with Gasteiger partial charge in [-0.3, -0.25) is 43.2 Å². The van der Waals surface area contributed by atoms with E-state index in [-0.39, 0.29) is 56.9 Å². The quantitative estimate of drug-likeness (QED) is 0.0352. The molecule has 3 rings (SSSR count). The Labute approximate surface area is 411 Å². The first-order chi connectivity index (χ1) is 33.6. The zero-order valence-electron chi connectivity index (χ0n) is 40.8. The molecule has 1 saturated heterocycles. The number of carboxylic acid groups (broad SMARTS) is 1. The molecular formula is C46H72N12O13. The van der Waals surface area contributed by atoms with Crippen LogP contribution in [0.1, 0.15) is 84.4 Å². The van der Waals surface area contributed by atoms with Gasteiger partial charge in [-0.05, 0) is 81.5 Å². The third kappa shape index (κ3) is 18.5. The largest absolute Gasteiger partial charge is 0.508 e. The van der Waals surface area contributed by atoms with Gasteiger partial charge in [-0.2, -0.15) is 0 Å². The van der Waals surface area contributed by atoms with Crippen LogP contribution in [-0.4, -0.2) is 169 Å². The average Bonchev–Trinajstić information content (AvgIpc) is 4.04. The zero-order chi connectivity index (χ0) is 52.9. The highest BCUT2D eigenvalue weighted by atomic mass is 16.4. The summed E-state index contributed by atoms with van der Waals surface area (Å²) in [6.45, 7) is 6.70. The number of carbonyl (C=O) groups is 9. The lowest BCUT2D eigenvalue weighted by molar-refractivity contribution is -0.143. The summed E-state index contributed by atoms with van der Waals surface area (Å²) in [6, 6.07) is -6.13. The van der Waals surface area contributed by atoms with Crippen LogP contribution in [0, 0.1) is 11.8 Å². The van der Waals surface area contributed by atoms with E-state index >= 15 is 0 Å². The number of aliphatic carboxylic acids is 1. The van der Waals surface area contributed by atoms with Gasteiger partial charge in [-0.25, -0.2) is 4.98 Å². The maximum Gasteiger partial charge on any atom is 0.325 e. The van der Waals surface area contributed by atoms with Crippen LogP contribution >= 0.6 is 0 Å². The number of amides is 8. The summed E-state index contributed by atoms with van der Waals surface area (Å²) in [6.07, 6.45) is 4.45. The topological polar surface area (TPSA) is 403 Å². The summed E-state index contributed by atoms with van der Waals surface area (Å²) in [7, 11) is 0. The number of carboxylic acids is 1. The molecule has 0 unspecified atom stereocenters. The fourth-order valence-corrected chi connectivity index (χ4v) is 7.67. The molecule has 0 bridgehead atoms. The number of aromatic hydroxyl groups is 1. The number of unbranched alkanes of at least 4 members (excludes halogenated alkanes) is 1. The van der Waals surface area contributed by atoms with Crippen LogP contribution in [0.4, 0.5) is 0 Å². The van der Waals surface area contributed by atoms with Crippen molar-refractivity contribution in [3.8, 4) is 5.75 Å². The van der Waals surface area contributed by atoms with Gasteiger partial charge in [-0.1, -0.05) is 39.8 Å². The smallest absolute Gasteiger partial charge is 0.325 e. The standard InChI is InChI=1S/C46H72N12O13/c1-24(2)17-33(54-42(66)34(21-59)55-38(62)30(48)19-28-20-49-23-50-28)45(69)58-16-8-10-36(58)43(67)52-31(9-6-7-15-47)39(63)57-37(25(3)4)44(68)56-35(22-60)41(65)53-32(40(64)51-26(5)46(70)71)18-27-11-13-29(61)14-12-27/h11-14,20,23-26,30-37,59-61H,6-10,15-19,21-22,47-48H2,1-5H3,(H,49,50)(H,51,64)(H,52,67)(H,53,65)(H,54,66)(H,55,62)(H,56,68)(H,57,63)(H,70,71)/t26-,30-,31-,32-,33-,34-,35-,36-,37-/m0/s1. The fourth-order valence-electron chi connectivity index (χ4n) is 7.67. The summed E-state index contributed by atoms with van der Waals surface area (Å²) >= 11 is 0. The molecule has 25 nitrogen and oxygen atoms in total. The number of nitrogens with one attached hydrogen (secondary N) is 8. The number of imidazole rings is 1. The molecule has 1 aromatic heterocycles. The Balaban J connectivity index is 1.75. The molecule has 2 aromatic rings. The first kappa shape index (κ1) is 58.6. The van der Waals surface area contributed by atoms with Gasteiger partial charge in [0.1, 0.15) is 54.1 Å². The molecule has 9 atom stereocenters. The molecule has 8 amide bonds. The maximum atomic E-state index is 14.2. The van der Waals surface area contributed by atoms with Crippen LogP contribution in [0.3, 0.4) is 0 Å². The number of H-pyrrole nitrogens is 1. The number of likely N-dealkylation sites (tertiary alicyclic amines) is 1. The van der Waals surface area contributed by atoms with Crippen molar-refractivity contribution < 1.29 is 63.6 Å². The van der Waals surface area contributed by atoms with E-state index in [1.807, 2.05) is 13.8 Å². The molecule has 0 aliphatic carbocycles. The molecular weight excluding hydrogens is 929 g/mol. The summed E-state index contributed by atoms with van der Waals surface area (Å²) in [4.78, 5) is 129. The highest BCUT2D eigenvalue weighted by molar-refractivity contribution is 5.98. The minimum Gasteiger partial charge on any atom is -0.508 e. The Kier molecular flexibility index (Phi) is 23.8. The number of phenolic OH excluding ortho intramolecular Hbond substituents is 1. The lowest BCUT2D eigenvalue weighted by atomic mass is 10.0. The highest BCUT2D eigenvalue weighted by Gasteiger charge is 2.40. The van der Waals surface area contributed by atoms with Crippen molar-refractivity contribution in [2.45, 2.75) is 140 Å². The Morgan fingerprint density at radius 3 is 1.86 bits per heavy atom. The molecule has 71 heavy (non-hydrogen) atoms. The molecule has 0 radical (unpaired) electrons. The number of aromatic nitrogens is 2. The maximum absolute atomic E-state index is 14.2. The molecule has 1 aliphatic heterocycles. The van der Waals surface area contributed by atoms with Gasteiger partial charge in [0.05, 0.1) is 25.6 Å².